The average Bonchev–Trinajstić information content (AvgIpc) is 2.61. The maximum atomic E-state index is 13.8. The number of nitrogens with zero attached hydrogens (tertiary/aromatic N) is 4. The number of rotatable bonds is 4. The van der Waals surface area contributed by atoms with Crippen molar-refractivity contribution in [2.75, 3.05) is 13.1 Å². The van der Waals surface area contributed by atoms with Gasteiger partial charge in [-0.3, -0.25) is 19.6 Å². The lowest BCUT2D eigenvalue weighted by atomic mass is 9.91. The van der Waals surface area contributed by atoms with Gasteiger partial charge in [0.05, 0.1) is 30.3 Å². The Morgan fingerprint density at radius 3 is 2.50 bits per heavy atom. The fourth-order valence-electron chi connectivity index (χ4n) is 3.33. The molecule has 2 amide bonds. The molecule has 0 radical (unpaired) electrons. The van der Waals surface area contributed by atoms with E-state index in [1.165, 1.54) is 23.4 Å². The average molecular weight is 354 g/mol. The van der Waals surface area contributed by atoms with Gasteiger partial charge in [0, 0.05) is 24.7 Å². The summed E-state index contributed by atoms with van der Waals surface area (Å²) < 4.78 is 13.8. The maximum absolute atomic E-state index is 13.8. The van der Waals surface area contributed by atoms with E-state index in [2.05, 4.69) is 9.97 Å². The van der Waals surface area contributed by atoms with Gasteiger partial charge in [0.2, 0.25) is 0 Å². The van der Waals surface area contributed by atoms with Gasteiger partial charge in [-0.15, -0.1) is 0 Å². The molecule has 2 heterocycles. The molecule has 1 aromatic heterocycles. The zero-order chi connectivity index (χ0) is 18.1. The Morgan fingerprint density at radius 1 is 1.04 bits per heavy atom. The molecule has 2 aliphatic rings. The van der Waals surface area contributed by atoms with Crippen molar-refractivity contribution in [1.82, 2.24) is 19.8 Å². The molecule has 6 nitrogen and oxygen atoms in total. The van der Waals surface area contributed by atoms with E-state index >= 15 is 0 Å². The van der Waals surface area contributed by atoms with Gasteiger partial charge >= 0.3 is 11.8 Å². The lowest BCUT2D eigenvalue weighted by Gasteiger charge is -2.42. The number of carbonyl (C=O) groups excluding carboxylic acids is 2. The standard InChI is InChI=1S/C19H19FN4O2/c20-16-7-2-1-6-15(16)17-11-21-13(10-22-17)12-23-8-9-24(14-4-3-5-14)19(26)18(23)25/h1-2,6-7,10-11,14H,3-5,8-9,12H2. The molecule has 1 aromatic carbocycles. The van der Waals surface area contributed by atoms with Crippen molar-refractivity contribution in [3.63, 3.8) is 0 Å². The van der Waals surface area contributed by atoms with Crippen LogP contribution in [0, 0.1) is 5.82 Å². The smallest absolute Gasteiger partial charge is 0.312 e. The Hall–Kier alpha value is -2.83. The fourth-order valence-corrected chi connectivity index (χ4v) is 3.33. The van der Waals surface area contributed by atoms with Gasteiger partial charge in [-0.1, -0.05) is 12.1 Å². The van der Waals surface area contributed by atoms with Crippen molar-refractivity contribution in [2.45, 2.75) is 31.8 Å². The second-order valence-corrected chi connectivity index (χ2v) is 6.68. The SMILES string of the molecule is O=C1C(=O)N(C2CCC2)CCN1Cc1cnc(-c2ccccc2F)cn1. The summed E-state index contributed by atoms with van der Waals surface area (Å²) in [7, 11) is 0. The minimum atomic E-state index is -0.483. The number of halogens is 1. The molecule has 26 heavy (non-hydrogen) atoms. The third kappa shape index (κ3) is 3.05. The van der Waals surface area contributed by atoms with Crippen LogP contribution in [0.25, 0.3) is 11.3 Å². The Morgan fingerprint density at radius 2 is 1.85 bits per heavy atom. The molecule has 1 saturated heterocycles. The molecule has 0 bridgehead atoms. The van der Waals surface area contributed by atoms with Crippen LogP contribution in [0.4, 0.5) is 4.39 Å². The van der Waals surface area contributed by atoms with E-state index in [4.69, 9.17) is 0 Å². The minimum absolute atomic E-state index is 0.230. The molecule has 1 aliphatic heterocycles. The van der Waals surface area contributed by atoms with Crippen molar-refractivity contribution < 1.29 is 14.0 Å². The van der Waals surface area contributed by atoms with Crippen molar-refractivity contribution in [3.05, 3.63) is 48.2 Å². The van der Waals surface area contributed by atoms with E-state index in [1.54, 1.807) is 23.1 Å². The molecule has 4 rings (SSSR count). The van der Waals surface area contributed by atoms with Crippen LogP contribution in [0.2, 0.25) is 0 Å². The lowest BCUT2D eigenvalue weighted by Crippen LogP contribution is -2.58. The maximum Gasteiger partial charge on any atom is 0.312 e. The molecular formula is C19H19FN4O2. The van der Waals surface area contributed by atoms with Crippen molar-refractivity contribution in [1.29, 1.82) is 0 Å². The number of aromatic nitrogens is 2. The lowest BCUT2D eigenvalue weighted by molar-refractivity contribution is -0.159. The summed E-state index contributed by atoms with van der Waals surface area (Å²) in [6.07, 6.45) is 6.11. The summed E-state index contributed by atoms with van der Waals surface area (Å²) in [6, 6.07) is 6.60. The van der Waals surface area contributed by atoms with Gasteiger partial charge in [-0.05, 0) is 31.4 Å². The number of piperazine rings is 1. The predicted molar refractivity (Wildman–Crippen MR) is 92.2 cm³/mol. The summed E-state index contributed by atoms with van der Waals surface area (Å²) in [4.78, 5) is 36.4. The number of hydrogen-bond donors (Lipinski definition) is 0. The summed E-state index contributed by atoms with van der Waals surface area (Å²) in [5.74, 6) is -1.26. The van der Waals surface area contributed by atoms with Gasteiger partial charge < -0.3 is 9.80 Å². The first-order chi connectivity index (χ1) is 12.6. The van der Waals surface area contributed by atoms with E-state index in [-0.39, 0.29) is 18.4 Å². The quantitative estimate of drug-likeness (QED) is 0.788. The van der Waals surface area contributed by atoms with Crippen LogP contribution in [0.5, 0.6) is 0 Å². The van der Waals surface area contributed by atoms with Gasteiger partial charge in [0.1, 0.15) is 5.82 Å². The first-order valence-corrected chi connectivity index (χ1v) is 8.79. The van der Waals surface area contributed by atoms with E-state index in [1.807, 2.05) is 0 Å². The Kier molecular flexibility index (Phi) is 4.36. The van der Waals surface area contributed by atoms with Gasteiger partial charge in [0.25, 0.3) is 0 Å². The molecule has 134 valence electrons. The van der Waals surface area contributed by atoms with E-state index < -0.39 is 11.8 Å². The second kappa shape index (κ2) is 6.82. The van der Waals surface area contributed by atoms with Crippen molar-refractivity contribution in [3.8, 4) is 11.3 Å². The predicted octanol–water partition coefficient (Wildman–Crippen LogP) is 2.01. The van der Waals surface area contributed by atoms with Crippen LogP contribution in [-0.4, -0.2) is 50.7 Å². The molecule has 2 fully saturated rings. The molecule has 1 saturated carbocycles. The van der Waals surface area contributed by atoms with Crippen LogP contribution >= 0.6 is 0 Å². The highest BCUT2D eigenvalue weighted by Gasteiger charge is 2.38. The Bertz CT molecular complexity index is 836. The molecule has 0 atom stereocenters. The first kappa shape index (κ1) is 16.6. The van der Waals surface area contributed by atoms with Crippen molar-refractivity contribution in [2.24, 2.45) is 0 Å². The second-order valence-electron chi connectivity index (χ2n) is 6.68. The molecule has 1 aliphatic carbocycles. The normalized spacial score (nSPS) is 18.2. The van der Waals surface area contributed by atoms with Crippen LogP contribution in [0.1, 0.15) is 25.0 Å². The van der Waals surface area contributed by atoms with Gasteiger partial charge in [-0.2, -0.15) is 0 Å². The van der Waals surface area contributed by atoms with Crippen LogP contribution in [0.15, 0.2) is 36.7 Å². The molecule has 2 aromatic rings. The highest BCUT2D eigenvalue weighted by atomic mass is 19.1. The van der Waals surface area contributed by atoms with Crippen LogP contribution < -0.4 is 0 Å². The minimum Gasteiger partial charge on any atom is -0.330 e. The number of carbonyl (C=O) groups is 2. The number of hydrogen-bond acceptors (Lipinski definition) is 4. The van der Waals surface area contributed by atoms with Crippen LogP contribution in [0.3, 0.4) is 0 Å². The van der Waals surface area contributed by atoms with E-state index in [0.29, 0.717) is 30.0 Å². The summed E-state index contributed by atoms with van der Waals surface area (Å²) in [5, 5.41) is 0. The summed E-state index contributed by atoms with van der Waals surface area (Å²) in [6.45, 7) is 1.29. The fraction of sp³-hybridized carbons (Fsp3) is 0.368. The molecule has 0 spiro atoms. The molecular weight excluding hydrogens is 335 g/mol. The zero-order valence-electron chi connectivity index (χ0n) is 14.3. The number of benzene rings is 1. The van der Waals surface area contributed by atoms with E-state index in [0.717, 1.165) is 19.3 Å². The van der Waals surface area contributed by atoms with Crippen molar-refractivity contribution >= 4 is 11.8 Å². The van der Waals surface area contributed by atoms with Crippen LogP contribution in [-0.2, 0) is 16.1 Å². The monoisotopic (exact) mass is 354 g/mol. The van der Waals surface area contributed by atoms with Gasteiger partial charge in [0.15, 0.2) is 0 Å². The molecule has 7 heteroatoms. The zero-order valence-corrected chi connectivity index (χ0v) is 14.3. The third-order valence-corrected chi connectivity index (χ3v) is 5.07. The van der Waals surface area contributed by atoms with E-state index in [9.17, 15) is 14.0 Å². The third-order valence-electron chi connectivity index (χ3n) is 5.07. The molecule has 0 unspecified atom stereocenters. The summed E-state index contributed by atoms with van der Waals surface area (Å²) in [5.41, 5.74) is 1.39. The highest BCUT2D eigenvalue weighted by molar-refractivity contribution is 6.35. The molecule has 0 N–H and O–H groups in total. The topological polar surface area (TPSA) is 66.4 Å². The first-order valence-electron chi connectivity index (χ1n) is 8.79. The van der Waals surface area contributed by atoms with Gasteiger partial charge in [-0.25, -0.2) is 4.39 Å². The summed E-state index contributed by atoms with van der Waals surface area (Å²) >= 11 is 0. The largest absolute Gasteiger partial charge is 0.330 e. The Labute approximate surface area is 150 Å². The highest BCUT2D eigenvalue weighted by Crippen LogP contribution is 2.26. The Balaban J connectivity index is 1.44. The number of amides is 2.